The van der Waals surface area contributed by atoms with Crippen LogP contribution in [0, 0.1) is 5.92 Å². The Morgan fingerprint density at radius 1 is 1.36 bits per heavy atom. The molecule has 0 saturated carbocycles. The first kappa shape index (κ1) is 18.6. The molecule has 0 amide bonds. The number of piperidine rings is 1. The van der Waals surface area contributed by atoms with Gasteiger partial charge >= 0.3 is 0 Å². The Hall–Kier alpha value is -1.22. The van der Waals surface area contributed by atoms with Gasteiger partial charge in [0, 0.05) is 46.1 Å². The van der Waals surface area contributed by atoms with Crippen molar-refractivity contribution in [3.63, 3.8) is 0 Å². The largest absolute Gasteiger partial charge is 0.478 e. The smallest absolute Gasteiger partial charge is 0.281 e. The van der Waals surface area contributed by atoms with Crippen LogP contribution in [0.2, 0.25) is 0 Å². The minimum absolute atomic E-state index is 0.203. The summed E-state index contributed by atoms with van der Waals surface area (Å²) in [6.07, 6.45) is 5.11. The van der Waals surface area contributed by atoms with Gasteiger partial charge in [-0.3, -0.25) is 0 Å². The fraction of sp³-hybridized carbons (Fsp3) is 0.706. The van der Waals surface area contributed by atoms with Gasteiger partial charge in [0.2, 0.25) is 5.88 Å². The second-order valence-electron chi connectivity index (χ2n) is 6.89. The van der Waals surface area contributed by atoms with Crippen LogP contribution in [0.15, 0.2) is 24.4 Å². The Kier molecular flexibility index (Phi) is 5.62. The lowest BCUT2D eigenvalue weighted by Gasteiger charge is -2.42. The first-order chi connectivity index (χ1) is 11.9. The Morgan fingerprint density at radius 2 is 2.12 bits per heavy atom. The van der Waals surface area contributed by atoms with Gasteiger partial charge < -0.3 is 9.47 Å². The molecule has 1 aromatic rings. The molecule has 1 unspecified atom stereocenters. The monoisotopic (exact) mass is 369 g/mol. The van der Waals surface area contributed by atoms with Crippen molar-refractivity contribution in [2.45, 2.75) is 31.3 Å². The maximum atomic E-state index is 12.3. The Balaban J connectivity index is 1.55. The number of ether oxygens (including phenoxy) is 2. The maximum absolute atomic E-state index is 12.3. The van der Waals surface area contributed by atoms with Gasteiger partial charge in [0.25, 0.3) is 10.2 Å². The van der Waals surface area contributed by atoms with E-state index in [1.807, 2.05) is 18.2 Å². The molecule has 0 radical (unpaired) electrons. The highest BCUT2D eigenvalue weighted by atomic mass is 32.2. The lowest BCUT2D eigenvalue weighted by molar-refractivity contribution is -0.0593. The predicted octanol–water partition coefficient (Wildman–Crippen LogP) is 1.53. The zero-order valence-electron chi connectivity index (χ0n) is 14.9. The van der Waals surface area contributed by atoms with Crippen molar-refractivity contribution in [1.29, 1.82) is 0 Å². The maximum Gasteiger partial charge on any atom is 0.281 e. The number of nitrogens with zero attached hydrogens (tertiary/aromatic N) is 3. The normalized spacial score (nSPS) is 24.0. The lowest BCUT2D eigenvalue weighted by Crippen LogP contribution is -2.51. The highest BCUT2D eigenvalue weighted by Crippen LogP contribution is 2.42. The summed E-state index contributed by atoms with van der Waals surface area (Å²) >= 11 is 0. The number of hydrogen-bond donors (Lipinski definition) is 0. The molecule has 2 aliphatic rings. The third-order valence-electron chi connectivity index (χ3n) is 5.31. The summed E-state index contributed by atoms with van der Waals surface area (Å²) in [6, 6.07) is 5.62. The second-order valence-corrected chi connectivity index (χ2v) is 9.04. The predicted molar refractivity (Wildman–Crippen MR) is 94.6 cm³/mol. The summed E-state index contributed by atoms with van der Waals surface area (Å²) in [7, 11) is -0.193. The van der Waals surface area contributed by atoms with Gasteiger partial charge in [0.05, 0.1) is 12.2 Å². The van der Waals surface area contributed by atoms with Gasteiger partial charge in [-0.2, -0.15) is 17.0 Å². The van der Waals surface area contributed by atoms with Crippen LogP contribution in [0.1, 0.15) is 25.7 Å². The molecule has 140 valence electrons. The van der Waals surface area contributed by atoms with Crippen LogP contribution in [0.3, 0.4) is 0 Å². The Morgan fingerprint density at radius 3 is 2.76 bits per heavy atom. The first-order valence-electron chi connectivity index (χ1n) is 8.79. The van der Waals surface area contributed by atoms with E-state index in [4.69, 9.17) is 9.47 Å². The molecular formula is C17H27N3O4S. The van der Waals surface area contributed by atoms with Crippen LogP contribution < -0.4 is 4.74 Å². The molecule has 1 spiro atoms. The molecule has 8 heteroatoms. The van der Waals surface area contributed by atoms with Gasteiger partial charge in [-0.1, -0.05) is 6.07 Å². The standard InChI is InChI=1S/C17H27N3O4S/c1-19(2)25(21,22)20-11-8-17(9-12-20)15(7-14-24-17)6-13-23-16-5-3-4-10-18-16/h3-5,10,15H,6-9,11-14H2,1-2H3. The number of pyridine rings is 1. The zero-order chi connectivity index (χ0) is 17.9. The molecule has 1 atom stereocenters. The molecule has 2 saturated heterocycles. The molecule has 2 fully saturated rings. The third kappa shape index (κ3) is 3.97. The highest BCUT2D eigenvalue weighted by Gasteiger charge is 2.47. The molecule has 2 aliphatic heterocycles. The first-order valence-corrected chi connectivity index (χ1v) is 10.2. The summed E-state index contributed by atoms with van der Waals surface area (Å²) in [5.74, 6) is 1.04. The molecule has 3 heterocycles. The van der Waals surface area contributed by atoms with Gasteiger partial charge in [0.15, 0.2) is 0 Å². The van der Waals surface area contributed by atoms with Crippen LogP contribution in [-0.4, -0.2) is 68.0 Å². The number of aromatic nitrogens is 1. The van der Waals surface area contributed by atoms with E-state index in [1.54, 1.807) is 24.6 Å². The van der Waals surface area contributed by atoms with Crippen LogP contribution in [0.5, 0.6) is 5.88 Å². The van der Waals surface area contributed by atoms with Crippen molar-refractivity contribution in [2.24, 2.45) is 5.92 Å². The quantitative estimate of drug-likeness (QED) is 0.760. The SMILES string of the molecule is CN(C)S(=O)(=O)N1CCC2(CC1)OCCC2CCOc1ccccn1. The fourth-order valence-corrected chi connectivity index (χ4v) is 4.92. The molecule has 0 aliphatic carbocycles. The summed E-state index contributed by atoms with van der Waals surface area (Å²) in [5.41, 5.74) is -0.203. The van der Waals surface area contributed by atoms with E-state index in [1.165, 1.54) is 4.31 Å². The van der Waals surface area contributed by atoms with E-state index in [9.17, 15) is 8.42 Å². The molecule has 0 aromatic carbocycles. The number of hydrogen-bond acceptors (Lipinski definition) is 5. The molecule has 0 N–H and O–H groups in total. The minimum atomic E-state index is -3.34. The summed E-state index contributed by atoms with van der Waals surface area (Å²) in [4.78, 5) is 4.17. The summed E-state index contributed by atoms with van der Waals surface area (Å²) < 4.78 is 39.2. The second kappa shape index (κ2) is 7.57. The van der Waals surface area contributed by atoms with Crippen molar-refractivity contribution in [2.75, 3.05) is 40.4 Å². The van der Waals surface area contributed by atoms with E-state index in [-0.39, 0.29) is 5.60 Å². The Bertz CT molecular complexity index is 658. The van der Waals surface area contributed by atoms with E-state index >= 15 is 0 Å². The minimum Gasteiger partial charge on any atom is -0.478 e. The zero-order valence-corrected chi connectivity index (χ0v) is 15.7. The van der Waals surface area contributed by atoms with E-state index in [0.717, 1.165) is 32.3 Å². The Labute approximate surface area is 150 Å². The molecule has 7 nitrogen and oxygen atoms in total. The van der Waals surface area contributed by atoms with E-state index in [0.29, 0.717) is 31.5 Å². The fourth-order valence-electron chi connectivity index (χ4n) is 3.81. The molecule has 0 bridgehead atoms. The van der Waals surface area contributed by atoms with E-state index in [2.05, 4.69) is 4.98 Å². The average Bonchev–Trinajstić information content (AvgIpc) is 2.98. The molecule has 3 rings (SSSR count). The molecule has 1 aromatic heterocycles. The summed E-state index contributed by atoms with van der Waals surface area (Å²) in [5, 5.41) is 0. The topological polar surface area (TPSA) is 72.0 Å². The van der Waals surface area contributed by atoms with Gasteiger partial charge in [-0.25, -0.2) is 4.98 Å². The number of rotatable bonds is 6. The van der Waals surface area contributed by atoms with Gasteiger partial charge in [0.1, 0.15) is 0 Å². The van der Waals surface area contributed by atoms with Crippen LogP contribution in [-0.2, 0) is 14.9 Å². The van der Waals surface area contributed by atoms with Crippen molar-refractivity contribution < 1.29 is 17.9 Å². The van der Waals surface area contributed by atoms with Crippen molar-refractivity contribution in [1.82, 2.24) is 13.6 Å². The van der Waals surface area contributed by atoms with Crippen molar-refractivity contribution in [3.8, 4) is 5.88 Å². The van der Waals surface area contributed by atoms with Crippen molar-refractivity contribution in [3.05, 3.63) is 24.4 Å². The van der Waals surface area contributed by atoms with E-state index < -0.39 is 10.2 Å². The lowest BCUT2D eigenvalue weighted by atomic mass is 9.78. The molecule has 25 heavy (non-hydrogen) atoms. The highest BCUT2D eigenvalue weighted by molar-refractivity contribution is 7.86. The van der Waals surface area contributed by atoms with Crippen LogP contribution >= 0.6 is 0 Å². The summed E-state index contributed by atoms with van der Waals surface area (Å²) in [6.45, 7) is 2.37. The third-order valence-corrected chi connectivity index (χ3v) is 7.25. The van der Waals surface area contributed by atoms with Gasteiger partial charge in [-0.05, 0) is 37.7 Å². The average molecular weight is 369 g/mol. The van der Waals surface area contributed by atoms with Crippen LogP contribution in [0.4, 0.5) is 0 Å². The van der Waals surface area contributed by atoms with Crippen molar-refractivity contribution >= 4 is 10.2 Å². The van der Waals surface area contributed by atoms with Gasteiger partial charge in [-0.15, -0.1) is 0 Å². The molecular weight excluding hydrogens is 342 g/mol. The van der Waals surface area contributed by atoms with Crippen LogP contribution in [0.25, 0.3) is 0 Å².